The molecule has 1 amide bonds. The molecule has 0 spiro atoms. The molecule has 68 heavy (non-hydrogen) atoms. The van der Waals surface area contributed by atoms with Crippen LogP contribution in [-0.4, -0.2) is 74.1 Å². The van der Waals surface area contributed by atoms with Gasteiger partial charge in [-0.3, -0.25) is 14.4 Å². The van der Waals surface area contributed by atoms with Crippen LogP contribution in [0.15, 0.2) is 0 Å². The Hall–Kier alpha value is -1.63. The zero-order valence-electron chi connectivity index (χ0n) is 46.4. The highest BCUT2D eigenvalue weighted by molar-refractivity contribution is 5.76. The fourth-order valence-electron chi connectivity index (χ4n) is 9.89. The van der Waals surface area contributed by atoms with Crippen molar-refractivity contribution in [3.63, 3.8) is 0 Å². The van der Waals surface area contributed by atoms with Crippen LogP contribution in [0.3, 0.4) is 0 Å². The molecule has 0 aliphatic carbocycles. The second kappa shape index (κ2) is 53.2. The third kappa shape index (κ3) is 43.2. The summed E-state index contributed by atoms with van der Waals surface area (Å²) in [5.41, 5.74) is 0. The van der Waals surface area contributed by atoms with Crippen molar-refractivity contribution in [2.45, 2.75) is 324 Å². The first-order valence-corrected chi connectivity index (χ1v) is 30.0. The Labute approximate surface area is 426 Å². The van der Waals surface area contributed by atoms with E-state index in [1.807, 2.05) is 0 Å². The van der Waals surface area contributed by atoms with Crippen LogP contribution in [0.4, 0.5) is 0 Å². The Bertz CT molecular complexity index is 983. The molecule has 0 bridgehead atoms. The summed E-state index contributed by atoms with van der Waals surface area (Å²) in [6.07, 6.45) is 49.8. The van der Waals surface area contributed by atoms with E-state index in [9.17, 15) is 14.4 Å². The van der Waals surface area contributed by atoms with Crippen LogP contribution in [0.25, 0.3) is 0 Å². The molecule has 0 unspecified atom stereocenters. The Morgan fingerprint density at radius 2 is 0.647 bits per heavy atom. The first-order valence-electron chi connectivity index (χ1n) is 30.0. The van der Waals surface area contributed by atoms with Crippen LogP contribution in [0.1, 0.15) is 318 Å². The third-order valence-corrected chi connectivity index (χ3v) is 14.4. The van der Waals surface area contributed by atoms with Crippen LogP contribution >= 0.6 is 0 Å². The maximum Gasteiger partial charge on any atom is 0.308 e. The van der Waals surface area contributed by atoms with Crippen molar-refractivity contribution in [1.82, 2.24) is 9.80 Å². The van der Waals surface area contributed by atoms with E-state index in [2.05, 4.69) is 58.5 Å². The minimum atomic E-state index is 0. The molecule has 0 saturated carbocycles. The summed E-state index contributed by atoms with van der Waals surface area (Å²) in [5, 5.41) is 0. The summed E-state index contributed by atoms with van der Waals surface area (Å²) in [6.45, 7) is 14.3. The number of rotatable bonds is 53. The molecule has 0 N–H and O–H groups in total. The largest absolute Gasteiger partial charge is 0.465 e. The fourth-order valence-corrected chi connectivity index (χ4v) is 9.89. The molecular weight excluding hydrogens is 841 g/mol. The number of ether oxygens (including phenoxy) is 2. The number of hydrogen-bond donors (Lipinski definition) is 0. The van der Waals surface area contributed by atoms with Crippen molar-refractivity contribution in [2.75, 3.05) is 40.4 Å². The molecule has 0 rings (SSSR count). The molecule has 0 fully saturated rings. The maximum absolute atomic E-state index is 13.9. The van der Waals surface area contributed by atoms with Crippen molar-refractivity contribution in [3.05, 3.63) is 0 Å². The van der Waals surface area contributed by atoms with Gasteiger partial charge in [0.2, 0.25) is 5.91 Å². The van der Waals surface area contributed by atoms with Gasteiger partial charge in [0.25, 0.3) is 0 Å². The van der Waals surface area contributed by atoms with Gasteiger partial charge in [-0.2, -0.15) is 0 Å². The van der Waals surface area contributed by atoms with Gasteiger partial charge in [-0.25, -0.2) is 0 Å². The Morgan fingerprint density at radius 3 is 1.00 bits per heavy atom. The molecule has 0 aliphatic rings. The van der Waals surface area contributed by atoms with Crippen molar-refractivity contribution in [3.8, 4) is 0 Å². The van der Waals surface area contributed by atoms with Gasteiger partial charge in [-0.1, -0.05) is 248 Å². The third-order valence-electron chi connectivity index (χ3n) is 14.4. The summed E-state index contributed by atoms with van der Waals surface area (Å²) in [4.78, 5) is 44.5. The van der Waals surface area contributed by atoms with Crippen molar-refractivity contribution < 1.29 is 23.9 Å². The predicted octanol–water partition coefficient (Wildman–Crippen LogP) is 18.6. The Kier molecular flexibility index (Phi) is 53.5. The number of nitrogens with zero attached hydrogens (tertiary/aromatic N) is 2. The lowest BCUT2D eigenvalue weighted by Gasteiger charge is -2.33. The molecule has 0 atom stereocenters. The average molecular weight is 964 g/mol. The van der Waals surface area contributed by atoms with Gasteiger partial charge in [-0.15, -0.1) is 0 Å². The zero-order chi connectivity index (χ0) is 49.3. The summed E-state index contributed by atoms with van der Waals surface area (Å²) >= 11 is 0. The lowest BCUT2D eigenvalue weighted by Crippen LogP contribution is -2.41. The molecule has 0 aromatic rings. The maximum atomic E-state index is 13.9. The molecule has 0 aliphatic heterocycles. The fraction of sp³-hybridized carbons (Fsp3) is 0.951. The van der Waals surface area contributed by atoms with Gasteiger partial charge in [0, 0.05) is 19.0 Å². The normalized spacial score (nSPS) is 11.6. The first-order chi connectivity index (χ1) is 32.7. The highest BCUT2D eigenvalue weighted by Gasteiger charge is 2.24. The number of amides is 1. The van der Waals surface area contributed by atoms with Gasteiger partial charge in [0.05, 0.1) is 25.0 Å². The second-order valence-corrected chi connectivity index (χ2v) is 21.2. The SMILES string of the molecule is C.CCCCCCCC(=O)N(CCCN(C)C)C(CCCCCCCCCOC(=O)C(CCCCCC)CCCCCC)CCCCCCCCCOC(=O)C(CCCCCC)CCCCCC. The number of unbranched alkanes of at least 4 members (excludes halogenated alkanes) is 28. The topological polar surface area (TPSA) is 76.2 Å². The number of carbonyl (C=O) groups is 3. The van der Waals surface area contributed by atoms with E-state index in [0.29, 0.717) is 31.6 Å². The van der Waals surface area contributed by atoms with E-state index < -0.39 is 0 Å². The van der Waals surface area contributed by atoms with Crippen molar-refractivity contribution in [1.29, 1.82) is 0 Å². The lowest BCUT2D eigenvalue weighted by atomic mass is 9.94. The van der Waals surface area contributed by atoms with Gasteiger partial charge in [-0.05, 0) is 84.8 Å². The van der Waals surface area contributed by atoms with E-state index in [4.69, 9.17) is 9.47 Å². The van der Waals surface area contributed by atoms with Gasteiger partial charge < -0.3 is 19.3 Å². The van der Waals surface area contributed by atoms with E-state index in [1.165, 1.54) is 161 Å². The van der Waals surface area contributed by atoms with Crippen LogP contribution in [0.5, 0.6) is 0 Å². The number of esters is 2. The van der Waals surface area contributed by atoms with Crippen LogP contribution < -0.4 is 0 Å². The van der Waals surface area contributed by atoms with E-state index >= 15 is 0 Å². The summed E-state index contributed by atoms with van der Waals surface area (Å²) < 4.78 is 11.7. The standard InChI is InChI=1S/C60H118N2O5.CH4/c1-8-13-18-29-40-50-58(63)62(52-43-51-61(6)7)57(48-38-30-25-23-27-32-41-53-66-59(64)55(44-34-19-14-9-2)45-35-20-15-10-3)49-39-31-26-24-28-33-42-54-67-60(65)56(46-36-21-16-11-4)47-37-22-17-12-5;/h55-57H,8-54H2,1-7H3;1H4. The first kappa shape index (κ1) is 68.4. The lowest BCUT2D eigenvalue weighted by molar-refractivity contribution is -0.150. The molecule has 0 heterocycles. The van der Waals surface area contributed by atoms with Gasteiger partial charge >= 0.3 is 11.9 Å². The smallest absolute Gasteiger partial charge is 0.308 e. The average Bonchev–Trinajstić information content (AvgIpc) is 3.32. The highest BCUT2D eigenvalue weighted by Crippen LogP contribution is 2.24. The van der Waals surface area contributed by atoms with Crippen LogP contribution in [-0.2, 0) is 23.9 Å². The van der Waals surface area contributed by atoms with Gasteiger partial charge in [0.1, 0.15) is 0 Å². The summed E-state index contributed by atoms with van der Waals surface area (Å²) in [7, 11) is 4.28. The zero-order valence-corrected chi connectivity index (χ0v) is 46.4. The quantitative estimate of drug-likeness (QED) is 0.0447. The Morgan fingerprint density at radius 1 is 0.353 bits per heavy atom. The molecule has 0 radical (unpaired) electrons. The minimum absolute atomic E-state index is 0. The summed E-state index contributed by atoms with van der Waals surface area (Å²) in [5.74, 6) is 0.695. The van der Waals surface area contributed by atoms with E-state index in [1.54, 1.807) is 0 Å². The minimum Gasteiger partial charge on any atom is -0.465 e. The van der Waals surface area contributed by atoms with Gasteiger partial charge in [0.15, 0.2) is 0 Å². The number of carbonyl (C=O) groups excluding carboxylic acids is 3. The predicted molar refractivity (Wildman–Crippen MR) is 297 cm³/mol. The van der Waals surface area contributed by atoms with Crippen LogP contribution in [0.2, 0.25) is 0 Å². The van der Waals surface area contributed by atoms with Crippen molar-refractivity contribution >= 4 is 17.8 Å². The molecule has 7 heteroatoms. The molecule has 406 valence electrons. The highest BCUT2D eigenvalue weighted by atomic mass is 16.5. The molecule has 0 saturated heterocycles. The van der Waals surface area contributed by atoms with E-state index in [-0.39, 0.29) is 31.2 Å². The van der Waals surface area contributed by atoms with Crippen molar-refractivity contribution in [2.24, 2.45) is 11.8 Å². The molecular formula is C61H122N2O5. The number of hydrogen-bond acceptors (Lipinski definition) is 6. The monoisotopic (exact) mass is 963 g/mol. The second-order valence-electron chi connectivity index (χ2n) is 21.2. The summed E-state index contributed by atoms with van der Waals surface area (Å²) in [6, 6.07) is 0.346. The molecule has 0 aromatic heterocycles. The molecule has 0 aromatic carbocycles. The van der Waals surface area contributed by atoms with E-state index in [0.717, 1.165) is 122 Å². The molecule has 7 nitrogen and oxygen atoms in total. The van der Waals surface area contributed by atoms with Crippen LogP contribution in [0, 0.1) is 11.8 Å². The Balaban J connectivity index is 0.